The number of ether oxygens (including phenoxy) is 2. The predicted molar refractivity (Wildman–Crippen MR) is 127 cm³/mol. The minimum atomic E-state index is -1.14. The van der Waals surface area contributed by atoms with Gasteiger partial charge in [-0.25, -0.2) is 4.98 Å². The lowest BCUT2D eigenvalue weighted by molar-refractivity contribution is -0.140. The van der Waals surface area contributed by atoms with Gasteiger partial charge in [0.1, 0.15) is 23.3 Å². The Balaban J connectivity index is 1.52. The zero-order valence-electron chi connectivity index (χ0n) is 17.2. The van der Waals surface area contributed by atoms with Crippen molar-refractivity contribution in [3.05, 3.63) is 69.1 Å². The Hall–Kier alpha value is -3.70. The molecule has 9 nitrogen and oxygen atoms in total. The second-order valence-electron chi connectivity index (χ2n) is 6.89. The average molecular weight is 484 g/mol. The first-order valence-electron chi connectivity index (χ1n) is 9.61. The third-order valence-electron chi connectivity index (χ3n) is 4.68. The number of nitrogens with zero attached hydrogens (tertiary/aromatic N) is 2. The molecule has 2 N–H and O–H groups in total. The summed E-state index contributed by atoms with van der Waals surface area (Å²) in [6.45, 7) is -0.466. The number of thioether (sulfide) groups is 1. The maximum Gasteiger partial charge on any atom is 0.323 e. The van der Waals surface area contributed by atoms with Crippen LogP contribution in [0.15, 0.2) is 52.2 Å². The van der Waals surface area contributed by atoms with Gasteiger partial charge in [-0.1, -0.05) is 42.2 Å². The number of para-hydroxylation sites is 1. The summed E-state index contributed by atoms with van der Waals surface area (Å²) in [4.78, 5) is 44.1. The van der Waals surface area contributed by atoms with Crippen LogP contribution in [0.1, 0.15) is 11.4 Å². The second-order valence-corrected chi connectivity index (χ2v) is 8.57. The molecule has 2 heterocycles. The van der Waals surface area contributed by atoms with Crippen molar-refractivity contribution in [1.29, 1.82) is 0 Å². The Bertz CT molecular complexity index is 1370. The molecule has 0 saturated carbocycles. The van der Waals surface area contributed by atoms with Crippen molar-refractivity contribution >= 4 is 57.2 Å². The second kappa shape index (κ2) is 9.43. The number of aromatic amines is 1. The Labute approximate surface area is 197 Å². The number of aliphatic carboxylic acids is 1. The van der Waals surface area contributed by atoms with Crippen LogP contribution < -0.4 is 15.0 Å². The number of nitrogens with one attached hydrogen (secondary N) is 1. The van der Waals surface area contributed by atoms with Crippen LogP contribution in [0.5, 0.6) is 11.5 Å². The summed E-state index contributed by atoms with van der Waals surface area (Å²) < 4.78 is 11.4. The van der Waals surface area contributed by atoms with Crippen LogP contribution in [0.2, 0.25) is 0 Å². The molecule has 3 aromatic rings. The lowest BCUT2D eigenvalue weighted by Crippen LogP contribution is -2.33. The normalized spacial score (nSPS) is 14.8. The third kappa shape index (κ3) is 4.89. The van der Waals surface area contributed by atoms with Gasteiger partial charge in [0.25, 0.3) is 11.5 Å². The van der Waals surface area contributed by atoms with Gasteiger partial charge in [-0.2, -0.15) is 0 Å². The Kier molecular flexibility index (Phi) is 6.43. The zero-order chi connectivity index (χ0) is 23.5. The summed E-state index contributed by atoms with van der Waals surface area (Å²) in [5.74, 6) is -0.403. The first-order chi connectivity index (χ1) is 15.9. The SMILES string of the molecule is COc1cc(C=C2SC(=S)N(CC(=O)O)C2=O)ccc1OCc1nc2ccccc2c(=O)[nH]1. The topological polar surface area (TPSA) is 122 Å². The Morgan fingerprint density at radius 1 is 1.24 bits per heavy atom. The number of fused-ring (bicyclic) bond motifs is 1. The van der Waals surface area contributed by atoms with Crippen molar-refractivity contribution in [2.45, 2.75) is 6.61 Å². The van der Waals surface area contributed by atoms with Gasteiger partial charge in [0.15, 0.2) is 11.5 Å². The number of hydrogen-bond donors (Lipinski definition) is 2. The molecule has 33 heavy (non-hydrogen) atoms. The first kappa shape index (κ1) is 22.5. The van der Waals surface area contributed by atoms with Crippen LogP contribution in [-0.4, -0.2) is 49.8 Å². The summed E-state index contributed by atoms with van der Waals surface area (Å²) in [5, 5.41) is 9.44. The fourth-order valence-corrected chi connectivity index (χ4v) is 4.42. The quantitative estimate of drug-likeness (QED) is 0.386. The van der Waals surface area contributed by atoms with Crippen molar-refractivity contribution in [3.8, 4) is 11.5 Å². The van der Waals surface area contributed by atoms with Crippen LogP contribution in [0, 0.1) is 0 Å². The number of carboxylic acids is 1. The van der Waals surface area contributed by atoms with E-state index in [1.165, 1.54) is 7.11 Å². The highest BCUT2D eigenvalue weighted by Gasteiger charge is 2.33. The maximum absolute atomic E-state index is 12.5. The standard InChI is InChI=1S/C22H17N3O6S2/c1-30-16-8-12(9-17-21(29)25(10-19(26)27)22(32)33-17)6-7-15(16)31-11-18-23-14-5-3-2-4-13(14)20(28)24-18/h2-9H,10-11H2,1H3,(H,26,27)(H,23,24,28). The van der Waals surface area contributed by atoms with E-state index in [0.717, 1.165) is 16.7 Å². The summed E-state index contributed by atoms with van der Waals surface area (Å²) in [7, 11) is 1.48. The van der Waals surface area contributed by atoms with Gasteiger partial charge < -0.3 is 19.6 Å². The van der Waals surface area contributed by atoms with E-state index in [0.29, 0.717) is 38.7 Å². The number of amides is 1. The molecule has 1 saturated heterocycles. The first-order valence-corrected chi connectivity index (χ1v) is 10.8. The van der Waals surface area contributed by atoms with E-state index in [-0.39, 0.29) is 16.5 Å². The molecular formula is C22H17N3O6S2. The van der Waals surface area contributed by atoms with Crippen LogP contribution >= 0.6 is 24.0 Å². The monoisotopic (exact) mass is 483 g/mol. The molecule has 4 rings (SSSR count). The number of carboxylic acid groups (broad SMARTS) is 1. The molecule has 0 atom stereocenters. The fraction of sp³-hybridized carbons (Fsp3) is 0.136. The molecule has 168 valence electrons. The minimum absolute atomic E-state index is 0.0175. The molecule has 1 aliphatic heterocycles. The molecule has 2 aromatic carbocycles. The van der Waals surface area contributed by atoms with Gasteiger partial charge in [-0.15, -0.1) is 0 Å². The van der Waals surface area contributed by atoms with Crippen LogP contribution in [0.3, 0.4) is 0 Å². The van der Waals surface area contributed by atoms with E-state index in [4.69, 9.17) is 26.8 Å². The molecule has 11 heteroatoms. The van der Waals surface area contributed by atoms with Crippen molar-refractivity contribution in [2.75, 3.05) is 13.7 Å². The molecule has 0 spiro atoms. The molecular weight excluding hydrogens is 466 g/mol. The Morgan fingerprint density at radius 3 is 2.79 bits per heavy atom. The van der Waals surface area contributed by atoms with Crippen LogP contribution in [-0.2, 0) is 16.2 Å². The van der Waals surface area contributed by atoms with E-state index >= 15 is 0 Å². The molecule has 0 unspecified atom stereocenters. The minimum Gasteiger partial charge on any atom is -0.493 e. The largest absolute Gasteiger partial charge is 0.493 e. The number of benzene rings is 2. The number of aromatic nitrogens is 2. The van der Waals surface area contributed by atoms with Crippen LogP contribution in [0.4, 0.5) is 0 Å². The molecule has 1 aromatic heterocycles. The highest BCUT2D eigenvalue weighted by Crippen LogP contribution is 2.34. The smallest absolute Gasteiger partial charge is 0.323 e. The fourth-order valence-electron chi connectivity index (χ4n) is 3.17. The van der Waals surface area contributed by atoms with Gasteiger partial charge in [0.2, 0.25) is 0 Å². The van der Waals surface area contributed by atoms with Gasteiger partial charge in [-0.3, -0.25) is 19.3 Å². The molecule has 1 aliphatic rings. The highest BCUT2D eigenvalue weighted by molar-refractivity contribution is 8.26. The van der Waals surface area contributed by atoms with Gasteiger partial charge in [-0.05, 0) is 35.9 Å². The Morgan fingerprint density at radius 2 is 2.03 bits per heavy atom. The number of carbonyl (C=O) groups excluding carboxylic acids is 1. The van der Waals surface area contributed by atoms with E-state index in [1.54, 1.807) is 48.5 Å². The number of thiocarbonyl (C=S) groups is 1. The zero-order valence-corrected chi connectivity index (χ0v) is 18.9. The van der Waals surface area contributed by atoms with Crippen molar-refractivity contribution < 1.29 is 24.2 Å². The van der Waals surface area contributed by atoms with Crippen LogP contribution in [0.25, 0.3) is 17.0 Å². The number of H-pyrrole nitrogens is 1. The van der Waals surface area contributed by atoms with Gasteiger partial charge in [0, 0.05) is 0 Å². The number of hydrogen-bond acceptors (Lipinski definition) is 8. The molecule has 0 aliphatic carbocycles. The van der Waals surface area contributed by atoms with E-state index < -0.39 is 18.4 Å². The number of carbonyl (C=O) groups is 2. The van der Waals surface area contributed by atoms with Gasteiger partial charge in [0.05, 0.1) is 22.9 Å². The van der Waals surface area contributed by atoms with E-state index in [9.17, 15) is 14.4 Å². The molecule has 0 radical (unpaired) electrons. The summed E-state index contributed by atoms with van der Waals surface area (Å²) in [6, 6.07) is 12.1. The summed E-state index contributed by atoms with van der Waals surface area (Å²) >= 11 is 6.14. The van der Waals surface area contributed by atoms with E-state index in [2.05, 4.69) is 9.97 Å². The lowest BCUT2D eigenvalue weighted by Gasteiger charge is -2.12. The number of rotatable bonds is 7. The summed E-state index contributed by atoms with van der Waals surface area (Å²) in [6.07, 6.45) is 1.61. The molecule has 0 bridgehead atoms. The molecule has 1 amide bonds. The van der Waals surface area contributed by atoms with Crippen molar-refractivity contribution in [3.63, 3.8) is 0 Å². The van der Waals surface area contributed by atoms with Gasteiger partial charge >= 0.3 is 5.97 Å². The molecule has 1 fully saturated rings. The third-order valence-corrected chi connectivity index (χ3v) is 6.06. The highest BCUT2D eigenvalue weighted by atomic mass is 32.2. The predicted octanol–water partition coefficient (Wildman–Crippen LogP) is 2.80. The maximum atomic E-state index is 12.5. The lowest BCUT2D eigenvalue weighted by atomic mass is 10.2. The van der Waals surface area contributed by atoms with E-state index in [1.807, 2.05) is 0 Å². The average Bonchev–Trinajstić information content (AvgIpc) is 3.05. The van der Waals surface area contributed by atoms with Crippen molar-refractivity contribution in [1.82, 2.24) is 14.9 Å². The van der Waals surface area contributed by atoms with Crippen molar-refractivity contribution in [2.24, 2.45) is 0 Å². The summed E-state index contributed by atoms with van der Waals surface area (Å²) in [5.41, 5.74) is 0.969. The number of methoxy groups -OCH3 is 1.